The molecule has 6 nitrogen and oxygen atoms in total. The largest absolute Gasteiger partial charge is 0.361 e. The third-order valence-corrected chi connectivity index (χ3v) is 7.24. The molecule has 5 rings (SSSR count). The van der Waals surface area contributed by atoms with E-state index in [1.807, 2.05) is 0 Å². The van der Waals surface area contributed by atoms with Crippen LogP contribution in [0, 0.1) is 13.8 Å². The van der Waals surface area contributed by atoms with Crippen LogP contribution in [0.25, 0.3) is 17.0 Å². The topological polar surface area (TPSA) is 84.2 Å². The fraction of sp³-hybridized carbons (Fsp3) is 0.276. The molecule has 0 saturated heterocycles. The number of hydrogen-bond donors (Lipinski definition) is 4. The van der Waals surface area contributed by atoms with Crippen LogP contribution < -0.4 is 5.48 Å². The first-order valence-electron chi connectivity index (χ1n) is 12.2. The molecular formula is C29H32N4O2. The average molecular weight is 469 g/mol. The number of amides is 1. The molecular weight excluding hydrogens is 436 g/mol. The number of hydrogen-bond acceptors (Lipinski definition) is 3. The lowest BCUT2D eigenvalue weighted by Crippen LogP contribution is -2.29. The Labute approximate surface area is 205 Å². The highest BCUT2D eigenvalue weighted by molar-refractivity contribution is 5.90. The minimum Gasteiger partial charge on any atom is -0.361 e. The van der Waals surface area contributed by atoms with Gasteiger partial charge in [-0.2, -0.15) is 0 Å². The summed E-state index contributed by atoms with van der Waals surface area (Å²) >= 11 is 0. The zero-order chi connectivity index (χ0) is 24.4. The highest BCUT2D eigenvalue weighted by Gasteiger charge is 2.28. The number of para-hydroxylation sites is 1. The van der Waals surface area contributed by atoms with Crippen LogP contribution in [0.1, 0.15) is 51.7 Å². The van der Waals surface area contributed by atoms with Crippen molar-refractivity contribution in [3.63, 3.8) is 0 Å². The number of benzene rings is 2. The summed E-state index contributed by atoms with van der Waals surface area (Å²) in [4.78, 5) is 20.9. The number of hydroxylamine groups is 1. The Morgan fingerprint density at radius 3 is 2.86 bits per heavy atom. The van der Waals surface area contributed by atoms with Crippen LogP contribution in [-0.4, -0.2) is 32.5 Å². The summed E-state index contributed by atoms with van der Waals surface area (Å²) in [7, 11) is 0. The summed E-state index contributed by atoms with van der Waals surface area (Å²) in [6, 6.07) is 17.5. The fourth-order valence-electron chi connectivity index (χ4n) is 5.30. The highest BCUT2D eigenvalue weighted by atomic mass is 16.5. The van der Waals surface area contributed by atoms with Crippen LogP contribution in [-0.2, 0) is 24.2 Å². The number of fused-ring (bicyclic) bond motifs is 2. The third-order valence-electron chi connectivity index (χ3n) is 7.24. The molecule has 4 aromatic rings. The monoisotopic (exact) mass is 468 g/mol. The summed E-state index contributed by atoms with van der Waals surface area (Å²) in [5, 5.41) is 10.0. The van der Waals surface area contributed by atoms with Gasteiger partial charge in [-0.05, 0) is 79.1 Å². The van der Waals surface area contributed by atoms with E-state index in [0.717, 1.165) is 37.9 Å². The Morgan fingerprint density at radius 2 is 2.06 bits per heavy atom. The van der Waals surface area contributed by atoms with Gasteiger partial charge in [-0.15, -0.1) is 0 Å². The lowest BCUT2D eigenvalue weighted by molar-refractivity contribution is -0.124. The first kappa shape index (κ1) is 23.1. The van der Waals surface area contributed by atoms with Gasteiger partial charge in [-0.1, -0.05) is 36.4 Å². The Morgan fingerprint density at radius 1 is 1.20 bits per heavy atom. The highest BCUT2D eigenvalue weighted by Crippen LogP contribution is 2.37. The maximum atomic E-state index is 11.4. The predicted molar refractivity (Wildman–Crippen MR) is 139 cm³/mol. The molecule has 0 radical (unpaired) electrons. The molecule has 6 heteroatoms. The molecule has 1 aliphatic rings. The lowest BCUT2D eigenvalue weighted by atomic mass is 10.0. The normalized spacial score (nSPS) is 15.4. The van der Waals surface area contributed by atoms with Gasteiger partial charge in [-0.25, -0.2) is 5.48 Å². The molecule has 1 atom stereocenters. The number of aromatic nitrogens is 2. The Bertz CT molecular complexity index is 1360. The standard InChI is InChI=1S/C29H32N4O2/c1-19-15-24(31-20(19)2)18-33(14-13-23-17-30-27-6-4-3-5-25(23)27)28-11-9-22-16-21(7-10-26(22)28)8-12-29(34)32-35/h3-8,10,12,15-17,28,30-31,35H,9,11,13-14,18H2,1-2H3,(H,32,34). The second-order valence-corrected chi connectivity index (χ2v) is 9.50. The first-order chi connectivity index (χ1) is 17.0. The van der Waals surface area contributed by atoms with Gasteiger partial charge in [0.2, 0.25) is 0 Å². The Balaban J connectivity index is 1.40. The van der Waals surface area contributed by atoms with Crippen molar-refractivity contribution >= 4 is 22.9 Å². The molecule has 0 fully saturated rings. The molecule has 2 aromatic carbocycles. The summed E-state index contributed by atoms with van der Waals surface area (Å²) in [6.07, 6.45) is 8.30. The molecule has 35 heavy (non-hydrogen) atoms. The Hall–Kier alpha value is -3.61. The number of aryl methyl sites for hydroxylation is 3. The maximum Gasteiger partial charge on any atom is 0.267 e. The number of aromatic amines is 2. The van der Waals surface area contributed by atoms with E-state index in [9.17, 15) is 4.79 Å². The van der Waals surface area contributed by atoms with Gasteiger partial charge in [0, 0.05) is 53.7 Å². The summed E-state index contributed by atoms with van der Waals surface area (Å²) < 4.78 is 0. The van der Waals surface area contributed by atoms with Crippen LogP contribution in [0.4, 0.5) is 0 Å². The van der Waals surface area contributed by atoms with Crippen molar-refractivity contribution < 1.29 is 10.0 Å². The van der Waals surface area contributed by atoms with Crippen molar-refractivity contribution in [2.45, 2.75) is 45.7 Å². The number of rotatable bonds is 8. The molecule has 0 bridgehead atoms. The molecule has 2 heterocycles. The molecule has 0 aliphatic heterocycles. The van der Waals surface area contributed by atoms with Crippen molar-refractivity contribution in [3.05, 3.63) is 100 Å². The number of nitrogens with zero attached hydrogens (tertiary/aromatic N) is 1. The van der Waals surface area contributed by atoms with Crippen molar-refractivity contribution in [2.24, 2.45) is 0 Å². The smallest absolute Gasteiger partial charge is 0.267 e. The molecule has 0 spiro atoms. The maximum absolute atomic E-state index is 11.4. The van der Waals surface area contributed by atoms with Crippen LogP contribution >= 0.6 is 0 Å². The van der Waals surface area contributed by atoms with Gasteiger partial charge in [0.15, 0.2) is 0 Å². The lowest BCUT2D eigenvalue weighted by Gasteiger charge is -2.29. The summed E-state index contributed by atoms with van der Waals surface area (Å²) in [5.41, 5.74) is 11.6. The van der Waals surface area contributed by atoms with Crippen LogP contribution in [0.3, 0.4) is 0 Å². The number of carbonyl (C=O) groups excluding carboxylic acids is 1. The first-order valence-corrected chi connectivity index (χ1v) is 12.2. The second kappa shape index (κ2) is 9.94. The minimum absolute atomic E-state index is 0.345. The number of H-pyrrole nitrogens is 2. The van der Waals surface area contributed by atoms with E-state index in [1.165, 1.54) is 50.6 Å². The van der Waals surface area contributed by atoms with E-state index in [1.54, 1.807) is 11.6 Å². The molecule has 4 N–H and O–H groups in total. The van der Waals surface area contributed by atoms with E-state index < -0.39 is 5.91 Å². The van der Waals surface area contributed by atoms with E-state index in [0.29, 0.717) is 6.04 Å². The number of nitrogens with one attached hydrogen (secondary N) is 3. The predicted octanol–water partition coefficient (Wildman–Crippen LogP) is 5.36. The van der Waals surface area contributed by atoms with Crippen molar-refractivity contribution in [3.8, 4) is 0 Å². The SMILES string of the molecule is Cc1cc(CN(CCc2c[nH]c3ccccc23)C2CCc3cc(C=CC(=O)NO)ccc32)[nH]c1C. The second-order valence-electron chi connectivity index (χ2n) is 9.50. The zero-order valence-electron chi connectivity index (χ0n) is 20.3. The van der Waals surface area contributed by atoms with Gasteiger partial charge in [0.05, 0.1) is 0 Å². The van der Waals surface area contributed by atoms with Crippen molar-refractivity contribution in [1.82, 2.24) is 20.3 Å². The Kier molecular flexibility index (Phi) is 6.57. The van der Waals surface area contributed by atoms with Gasteiger partial charge >= 0.3 is 0 Å². The molecule has 2 aromatic heterocycles. The summed E-state index contributed by atoms with van der Waals surface area (Å²) in [5.74, 6) is -0.525. The van der Waals surface area contributed by atoms with Crippen molar-refractivity contribution in [2.75, 3.05) is 6.54 Å². The van der Waals surface area contributed by atoms with E-state index in [4.69, 9.17) is 5.21 Å². The molecule has 1 aliphatic carbocycles. The molecule has 180 valence electrons. The van der Waals surface area contributed by atoms with E-state index >= 15 is 0 Å². The van der Waals surface area contributed by atoms with Crippen LogP contribution in [0.2, 0.25) is 0 Å². The van der Waals surface area contributed by atoms with Crippen LogP contribution in [0.5, 0.6) is 0 Å². The molecule has 0 saturated carbocycles. The van der Waals surface area contributed by atoms with Gasteiger partial charge in [0.1, 0.15) is 0 Å². The number of carbonyl (C=O) groups is 1. The van der Waals surface area contributed by atoms with Crippen molar-refractivity contribution in [1.29, 1.82) is 0 Å². The van der Waals surface area contributed by atoms with Gasteiger partial charge in [-0.3, -0.25) is 14.9 Å². The minimum atomic E-state index is -0.525. The summed E-state index contributed by atoms with van der Waals surface area (Å²) in [6.45, 7) is 6.12. The molecule has 1 unspecified atom stereocenters. The van der Waals surface area contributed by atoms with Crippen LogP contribution in [0.15, 0.2) is 60.8 Å². The molecule has 1 amide bonds. The van der Waals surface area contributed by atoms with Gasteiger partial charge < -0.3 is 9.97 Å². The zero-order valence-corrected chi connectivity index (χ0v) is 20.3. The van der Waals surface area contributed by atoms with E-state index in [-0.39, 0.29) is 0 Å². The fourth-order valence-corrected chi connectivity index (χ4v) is 5.30. The third kappa shape index (κ3) is 4.94. The average Bonchev–Trinajstić information content (AvgIpc) is 3.56. The quantitative estimate of drug-likeness (QED) is 0.159. The van der Waals surface area contributed by atoms with E-state index in [2.05, 4.69) is 83.4 Å². The van der Waals surface area contributed by atoms with Gasteiger partial charge in [0.25, 0.3) is 5.91 Å².